The van der Waals surface area contributed by atoms with Crippen LogP contribution in [0, 0.1) is 0 Å². The molecule has 0 unspecified atom stereocenters. The lowest BCUT2D eigenvalue weighted by Gasteiger charge is -1.98. The van der Waals surface area contributed by atoms with Gasteiger partial charge in [-0.25, -0.2) is 4.39 Å². The Hall–Kier alpha value is -0.840. The van der Waals surface area contributed by atoms with Gasteiger partial charge in [-0.1, -0.05) is 5.16 Å². The van der Waals surface area contributed by atoms with Crippen LogP contribution in [0.1, 0.15) is 6.42 Å². The number of nitrogens with zero attached hydrogens (tertiary/aromatic N) is 1. The fourth-order valence-electron chi connectivity index (χ4n) is 0.458. The van der Waals surface area contributed by atoms with Gasteiger partial charge >= 0.3 is 0 Å². The van der Waals surface area contributed by atoms with Crippen molar-refractivity contribution in [1.29, 1.82) is 0 Å². The number of alkyl halides is 1. The zero-order valence-electron chi connectivity index (χ0n) is 5.68. The molecule has 60 valence electrons. The van der Waals surface area contributed by atoms with Crippen LogP contribution in [-0.4, -0.2) is 30.8 Å². The summed E-state index contributed by atoms with van der Waals surface area (Å²) in [4.78, 5) is 0. The Bertz CT molecular complexity index is 107. The largest absolute Gasteiger partial charge is 0.409 e. The van der Waals surface area contributed by atoms with E-state index in [4.69, 9.17) is 10.9 Å². The van der Waals surface area contributed by atoms with Crippen LogP contribution >= 0.6 is 0 Å². The second kappa shape index (κ2) is 6.28. The molecule has 5 heteroatoms. The molecule has 0 aromatic heterocycles. The zero-order valence-corrected chi connectivity index (χ0v) is 5.68. The predicted octanol–water partition coefficient (Wildman–Crippen LogP) is -0.318. The molecule has 0 heterocycles. The van der Waals surface area contributed by atoms with Crippen LogP contribution < -0.4 is 11.1 Å². The highest BCUT2D eigenvalue weighted by Crippen LogP contribution is 1.75. The third-order valence-corrected chi connectivity index (χ3v) is 0.958. The monoisotopic (exact) mass is 149 g/mol. The number of nitrogens with one attached hydrogen (secondary N) is 1. The molecule has 0 atom stereocenters. The minimum atomic E-state index is -0.393. The Morgan fingerprint density at radius 1 is 1.60 bits per heavy atom. The molecule has 0 aliphatic heterocycles. The Kier molecular flexibility index (Phi) is 5.75. The Balaban J connectivity index is 3.04. The van der Waals surface area contributed by atoms with E-state index >= 15 is 0 Å². The van der Waals surface area contributed by atoms with Crippen molar-refractivity contribution in [3.8, 4) is 0 Å². The van der Waals surface area contributed by atoms with Crippen molar-refractivity contribution >= 4 is 5.84 Å². The highest BCUT2D eigenvalue weighted by Gasteiger charge is 1.90. The highest BCUT2D eigenvalue weighted by molar-refractivity contribution is 5.79. The summed E-state index contributed by atoms with van der Waals surface area (Å²) in [6.45, 7) is 0.467. The summed E-state index contributed by atoms with van der Waals surface area (Å²) in [6.07, 6.45) is 0.441. The minimum absolute atomic E-state index is 0.159. The molecule has 0 fully saturated rings. The van der Waals surface area contributed by atoms with Gasteiger partial charge in [0.2, 0.25) is 0 Å². The van der Waals surface area contributed by atoms with Gasteiger partial charge in [0.1, 0.15) is 12.5 Å². The van der Waals surface area contributed by atoms with E-state index < -0.39 is 6.67 Å². The maximum absolute atomic E-state index is 11.4. The molecule has 10 heavy (non-hydrogen) atoms. The maximum Gasteiger partial charge on any atom is 0.140 e. The molecule has 0 saturated heterocycles. The van der Waals surface area contributed by atoms with Gasteiger partial charge in [0, 0.05) is 19.5 Å². The molecule has 0 saturated carbocycles. The van der Waals surface area contributed by atoms with Crippen molar-refractivity contribution in [2.24, 2.45) is 10.9 Å². The van der Waals surface area contributed by atoms with Gasteiger partial charge in [0.25, 0.3) is 0 Å². The van der Waals surface area contributed by atoms with E-state index in [1.807, 2.05) is 0 Å². The van der Waals surface area contributed by atoms with Crippen LogP contribution in [0.4, 0.5) is 4.39 Å². The average Bonchev–Trinajstić information content (AvgIpc) is 1.98. The Morgan fingerprint density at radius 2 is 2.30 bits per heavy atom. The number of hydrogen-bond acceptors (Lipinski definition) is 3. The lowest BCUT2D eigenvalue weighted by molar-refractivity contribution is 0.316. The first-order chi connectivity index (χ1) is 4.81. The maximum atomic E-state index is 11.4. The molecule has 0 rings (SSSR count). The van der Waals surface area contributed by atoms with E-state index in [1.165, 1.54) is 0 Å². The van der Waals surface area contributed by atoms with E-state index in [0.717, 1.165) is 0 Å². The van der Waals surface area contributed by atoms with Crippen molar-refractivity contribution in [2.75, 3.05) is 19.8 Å². The summed E-state index contributed by atoms with van der Waals surface area (Å²) in [5, 5.41) is 13.6. The fourth-order valence-corrected chi connectivity index (χ4v) is 0.458. The third kappa shape index (κ3) is 5.30. The van der Waals surface area contributed by atoms with Crippen LogP contribution in [0.25, 0.3) is 0 Å². The summed E-state index contributed by atoms with van der Waals surface area (Å²) in [7, 11) is 0. The Morgan fingerprint density at radius 3 is 2.80 bits per heavy atom. The zero-order chi connectivity index (χ0) is 7.82. The molecule has 0 bridgehead atoms. The fraction of sp³-hybridized carbons (Fsp3) is 0.800. The highest BCUT2D eigenvalue weighted by atomic mass is 19.1. The van der Waals surface area contributed by atoms with E-state index in [2.05, 4.69) is 10.5 Å². The molecular weight excluding hydrogens is 137 g/mol. The van der Waals surface area contributed by atoms with Crippen LogP contribution in [0.5, 0.6) is 0 Å². The van der Waals surface area contributed by atoms with Gasteiger partial charge in [-0.2, -0.15) is 0 Å². The normalized spacial score (nSPS) is 11.9. The second-order valence-corrected chi connectivity index (χ2v) is 1.78. The molecule has 0 aliphatic rings. The summed E-state index contributed by atoms with van der Waals surface area (Å²) in [5.74, 6) is 0.159. The van der Waals surface area contributed by atoms with Gasteiger partial charge < -0.3 is 16.3 Å². The van der Waals surface area contributed by atoms with Crippen molar-refractivity contribution in [1.82, 2.24) is 5.32 Å². The third-order valence-electron chi connectivity index (χ3n) is 0.958. The predicted molar refractivity (Wildman–Crippen MR) is 36.9 cm³/mol. The lowest BCUT2D eigenvalue weighted by atomic mass is 10.4. The number of nitrogens with two attached hydrogens (primary N) is 1. The van der Waals surface area contributed by atoms with E-state index in [9.17, 15) is 4.39 Å². The summed E-state index contributed by atoms with van der Waals surface area (Å²) >= 11 is 0. The van der Waals surface area contributed by atoms with Crippen LogP contribution in [0.15, 0.2) is 5.16 Å². The number of hydrogen-bond donors (Lipinski definition) is 3. The summed E-state index contributed by atoms with van der Waals surface area (Å²) < 4.78 is 11.4. The van der Waals surface area contributed by atoms with Crippen molar-refractivity contribution in [3.05, 3.63) is 0 Å². The number of amidine groups is 1. The van der Waals surface area contributed by atoms with E-state index in [1.54, 1.807) is 0 Å². The number of rotatable bonds is 5. The quantitative estimate of drug-likeness (QED) is 0.165. The summed E-state index contributed by atoms with van der Waals surface area (Å²) in [5.41, 5.74) is 5.12. The van der Waals surface area contributed by atoms with Crippen molar-refractivity contribution in [2.45, 2.75) is 6.42 Å². The second-order valence-electron chi connectivity index (χ2n) is 1.78. The topological polar surface area (TPSA) is 70.6 Å². The first-order valence-corrected chi connectivity index (χ1v) is 3.04. The molecule has 0 spiro atoms. The van der Waals surface area contributed by atoms with Crippen LogP contribution in [0.3, 0.4) is 0 Å². The first-order valence-electron chi connectivity index (χ1n) is 3.04. The van der Waals surface area contributed by atoms with Gasteiger partial charge in [-0.15, -0.1) is 0 Å². The number of oxime groups is 1. The molecule has 0 amide bonds. The minimum Gasteiger partial charge on any atom is -0.409 e. The van der Waals surface area contributed by atoms with Crippen molar-refractivity contribution < 1.29 is 9.60 Å². The average molecular weight is 149 g/mol. The lowest BCUT2D eigenvalue weighted by Crippen LogP contribution is -2.23. The van der Waals surface area contributed by atoms with Gasteiger partial charge in [0.15, 0.2) is 0 Å². The SMILES string of the molecule is N/C(CCNCCF)=N\O. The molecule has 0 aromatic rings. The molecule has 0 aromatic carbocycles. The number of halogens is 1. The summed E-state index contributed by atoms with van der Waals surface area (Å²) in [6, 6.07) is 0. The van der Waals surface area contributed by atoms with Gasteiger partial charge in [-0.3, -0.25) is 0 Å². The van der Waals surface area contributed by atoms with Gasteiger partial charge in [-0.05, 0) is 0 Å². The van der Waals surface area contributed by atoms with Crippen molar-refractivity contribution in [3.63, 3.8) is 0 Å². The van der Waals surface area contributed by atoms with Crippen LogP contribution in [0.2, 0.25) is 0 Å². The molecular formula is C5H12FN3O. The van der Waals surface area contributed by atoms with Gasteiger partial charge in [0.05, 0.1) is 0 Å². The van der Waals surface area contributed by atoms with Crippen LogP contribution in [-0.2, 0) is 0 Å². The molecule has 0 aliphatic carbocycles. The standard InChI is InChI=1S/C5H12FN3O/c6-2-4-8-3-1-5(7)9-10/h8,10H,1-4H2,(H2,7,9). The first kappa shape index (κ1) is 9.16. The Labute approximate surface area is 58.9 Å². The smallest absolute Gasteiger partial charge is 0.140 e. The molecule has 4 nitrogen and oxygen atoms in total. The van der Waals surface area contributed by atoms with E-state index in [-0.39, 0.29) is 5.84 Å². The molecule has 4 N–H and O–H groups in total. The molecule has 0 radical (unpaired) electrons. The van der Waals surface area contributed by atoms with E-state index in [0.29, 0.717) is 19.5 Å².